The summed E-state index contributed by atoms with van der Waals surface area (Å²) in [6.07, 6.45) is -4.71. The van der Waals surface area contributed by atoms with E-state index in [1.807, 2.05) is 24.3 Å². The van der Waals surface area contributed by atoms with Gasteiger partial charge in [0.25, 0.3) is 0 Å². The molecule has 1 atom stereocenters. The number of carbonyl (C=O) groups excluding carboxylic acids is 1. The summed E-state index contributed by atoms with van der Waals surface area (Å²) in [6, 6.07) is 13.4. The van der Waals surface area contributed by atoms with Crippen molar-refractivity contribution in [2.75, 3.05) is 31.5 Å². The molecule has 1 aliphatic rings. The molecule has 0 radical (unpaired) electrons. The number of carbonyl (C=O) groups is 1. The molecule has 1 amide bonds. The van der Waals surface area contributed by atoms with Gasteiger partial charge in [0.2, 0.25) is 5.91 Å². The number of amides is 1. The molecule has 1 saturated heterocycles. The van der Waals surface area contributed by atoms with Crippen molar-refractivity contribution in [3.05, 3.63) is 59.7 Å². The quantitative estimate of drug-likeness (QED) is 0.816. The highest BCUT2D eigenvalue weighted by Gasteiger charge is 2.31. The molecule has 150 valence electrons. The minimum atomic E-state index is -4.71. The van der Waals surface area contributed by atoms with Gasteiger partial charge in [-0.05, 0) is 35.4 Å². The predicted molar refractivity (Wildman–Crippen MR) is 100 cm³/mol. The topological polar surface area (TPSA) is 53.6 Å². The third-order valence-corrected chi connectivity index (χ3v) is 4.49. The number of benzene rings is 2. The van der Waals surface area contributed by atoms with Crippen molar-refractivity contribution >= 4 is 11.6 Å². The predicted octanol–water partition coefficient (Wildman–Crippen LogP) is 3.54. The zero-order valence-electron chi connectivity index (χ0n) is 15.4. The summed E-state index contributed by atoms with van der Waals surface area (Å²) < 4.78 is 41.2. The van der Waals surface area contributed by atoms with Gasteiger partial charge < -0.3 is 15.4 Å². The maximum atomic E-state index is 12.4. The first-order valence-electron chi connectivity index (χ1n) is 9.00. The largest absolute Gasteiger partial charge is 0.573 e. The second-order valence-corrected chi connectivity index (χ2v) is 6.61. The number of piperazine rings is 1. The van der Waals surface area contributed by atoms with E-state index in [0.29, 0.717) is 5.69 Å². The number of nitrogens with one attached hydrogen (secondary N) is 2. The van der Waals surface area contributed by atoms with E-state index in [2.05, 4.69) is 20.3 Å². The molecule has 0 aromatic heterocycles. The smallest absolute Gasteiger partial charge is 0.406 e. The minimum absolute atomic E-state index is 0.103. The third kappa shape index (κ3) is 5.46. The van der Waals surface area contributed by atoms with Crippen molar-refractivity contribution in [2.24, 2.45) is 0 Å². The van der Waals surface area contributed by atoms with E-state index in [-0.39, 0.29) is 17.7 Å². The molecule has 0 unspecified atom stereocenters. The van der Waals surface area contributed by atoms with Crippen LogP contribution in [0.3, 0.4) is 0 Å². The van der Waals surface area contributed by atoms with Crippen LogP contribution in [0.2, 0.25) is 0 Å². The molecule has 28 heavy (non-hydrogen) atoms. The lowest BCUT2D eigenvalue weighted by Gasteiger charge is -2.35. The molecule has 1 heterocycles. The normalized spacial score (nSPS) is 16.4. The summed E-state index contributed by atoms with van der Waals surface area (Å²) in [5, 5.41) is 6.04. The van der Waals surface area contributed by atoms with E-state index in [1.165, 1.54) is 19.1 Å². The Labute approximate surface area is 161 Å². The Hall–Kier alpha value is -2.58. The van der Waals surface area contributed by atoms with Gasteiger partial charge in [-0.3, -0.25) is 9.69 Å². The van der Waals surface area contributed by atoms with Crippen LogP contribution < -0.4 is 15.4 Å². The van der Waals surface area contributed by atoms with Gasteiger partial charge in [0, 0.05) is 38.8 Å². The number of alkyl halides is 3. The molecule has 0 bridgehead atoms. The lowest BCUT2D eigenvalue weighted by atomic mass is 9.96. The summed E-state index contributed by atoms with van der Waals surface area (Å²) in [4.78, 5) is 13.5. The van der Waals surface area contributed by atoms with Crippen LogP contribution in [-0.2, 0) is 4.79 Å². The van der Waals surface area contributed by atoms with Gasteiger partial charge >= 0.3 is 6.36 Å². The van der Waals surface area contributed by atoms with E-state index in [0.717, 1.165) is 37.3 Å². The Bertz CT molecular complexity index is 786. The zero-order valence-corrected chi connectivity index (χ0v) is 15.4. The van der Waals surface area contributed by atoms with Crippen molar-refractivity contribution < 1.29 is 22.7 Å². The molecule has 3 rings (SSSR count). The zero-order chi connectivity index (χ0) is 20.1. The number of anilines is 1. The van der Waals surface area contributed by atoms with Gasteiger partial charge in [0.05, 0.1) is 6.04 Å². The van der Waals surface area contributed by atoms with Gasteiger partial charge in [0.1, 0.15) is 5.75 Å². The SMILES string of the molecule is CC(=O)Nc1ccc([C@@H](c2ccc(OC(F)(F)F)cc2)N2CCNCC2)cc1. The highest BCUT2D eigenvalue weighted by Crippen LogP contribution is 2.32. The summed E-state index contributed by atoms with van der Waals surface area (Å²) in [5.74, 6) is -0.386. The number of rotatable bonds is 5. The fourth-order valence-corrected chi connectivity index (χ4v) is 3.36. The Kier molecular flexibility index (Phi) is 6.21. The first kappa shape index (κ1) is 20.2. The van der Waals surface area contributed by atoms with E-state index in [1.54, 1.807) is 12.1 Å². The standard InChI is InChI=1S/C20H22F3N3O2/c1-14(27)25-17-6-2-15(3-7-17)19(26-12-10-24-11-13-26)16-4-8-18(9-5-16)28-20(21,22)23/h2-9,19,24H,10-13H2,1H3,(H,25,27)/t19-/m0/s1. The van der Waals surface area contributed by atoms with Crippen LogP contribution >= 0.6 is 0 Å². The van der Waals surface area contributed by atoms with E-state index in [4.69, 9.17) is 0 Å². The number of hydrogen-bond acceptors (Lipinski definition) is 4. The van der Waals surface area contributed by atoms with Gasteiger partial charge in [-0.15, -0.1) is 13.2 Å². The van der Waals surface area contributed by atoms with Crippen molar-refractivity contribution in [1.82, 2.24) is 10.2 Å². The maximum Gasteiger partial charge on any atom is 0.573 e. The van der Waals surface area contributed by atoms with Crippen LogP contribution in [0.25, 0.3) is 0 Å². The van der Waals surface area contributed by atoms with Gasteiger partial charge in [-0.2, -0.15) is 0 Å². The average Bonchev–Trinajstić information content (AvgIpc) is 2.64. The van der Waals surface area contributed by atoms with Gasteiger partial charge in [0.15, 0.2) is 0 Å². The highest BCUT2D eigenvalue weighted by molar-refractivity contribution is 5.88. The van der Waals surface area contributed by atoms with Crippen LogP contribution in [-0.4, -0.2) is 43.3 Å². The van der Waals surface area contributed by atoms with Crippen LogP contribution in [0.15, 0.2) is 48.5 Å². The number of nitrogens with zero attached hydrogens (tertiary/aromatic N) is 1. The second kappa shape index (κ2) is 8.62. The van der Waals surface area contributed by atoms with Crippen molar-refractivity contribution in [2.45, 2.75) is 19.3 Å². The second-order valence-electron chi connectivity index (χ2n) is 6.61. The molecular weight excluding hydrogens is 371 g/mol. The fourth-order valence-electron chi connectivity index (χ4n) is 3.36. The molecule has 0 saturated carbocycles. The van der Waals surface area contributed by atoms with E-state index >= 15 is 0 Å². The van der Waals surface area contributed by atoms with Crippen molar-refractivity contribution in [3.63, 3.8) is 0 Å². The molecular formula is C20H22F3N3O2. The van der Waals surface area contributed by atoms with Crippen LogP contribution in [0.5, 0.6) is 5.75 Å². The molecule has 1 aliphatic heterocycles. The molecule has 2 N–H and O–H groups in total. The molecule has 2 aromatic rings. The van der Waals surface area contributed by atoms with E-state index < -0.39 is 6.36 Å². The average molecular weight is 393 g/mol. The number of halogens is 3. The fraction of sp³-hybridized carbons (Fsp3) is 0.350. The molecule has 2 aromatic carbocycles. The van der Waals surface area contributed by atoms with Crippen LogP contribution in [0.4, 0.5) is 18.9 Å². The Morgan fingerprint density at radius 2 is 1.57 bits per heavy atom. The summed E-state index contributed by atoms with van der Waals surface area (Å²) >= 11 is 0. The maximum absolute atomic E-state index is 12.4. The summed E-state index contributed by atoms with van der Waals surface area (Å²) in [6.45, 7) is 4.77. The minimum Gasteiger partial charge on any atom is -0.406 e. The van der Waals surface area contributed by atoms with Crippen LogP contribution in [0, 0.1) is 0 Å². The van der Waals surface area contributed by atoms with E-state index in [9.17, 15) is 18.0 Å². The Morgan fingerprint density at radius 1 is 1.04 bits per heavy atom. The molecule has 5 nitrogen and oxygen atoms in total. The molecule has 0 aliphatic carbocycles. The first-order chi connectivity index (χ1) is 13.3. The number of hydrogen-bond donors (Lipinski definition) is 2. The molecule has 1 fully saturated rings. The van der Waals surface area contributed by atoms with Gasteiger partial charge in [-0.25, -0.2) is 0 Å². The summed E-state index contributed by atoms with van der Waals surface area (Å²) in [7, 11) is 0. The van der Waals surface area contributed by atoms with Gasteiger partial charge in [-0.1, -0.05) is 24.3 Å². The monoisotopic (exact) mass is 393 g/mol. The molecule has 8 heteroatoms. The van der Waals surface area contributed by atoms with Crippen molar-refractivity contribution in [1.29, 1.82) is 0 Å². The molecule has 0 spiro atoms. The Morgan fingerprint density at radius 3 is 2.07 bits per heavy atom. The summed E-state index contributed by atoms with van der Waals surface area (Å²) in [5.41, 5.74) is 2.58. The highest BCUT2D eigenvalue weighted by atomic mass is 19.4. The Balaban J connectivity index is 1.87. The lowest BCUT2D eigenvalue weighted by molar-refractivity contribution is -0.274. The third-order valence-electron chi connectivity index (χ3n) is 4.49. The number of ether oxygens (including phenoxy) is 1. The van der Waals surface area contributed by atoms with Crippen molar-refractivity contribution in [3.8, 4) is 5.75 Å². The van der Waals surface area contributed by atoms with Crippen LogP contribution in [0.1, 0.15) is 24.1 Å². The first-order valence-corrected chi connectivity index (χ1v) is 9.00. The lowest BCUT2D eigenvalue weighted by Crippen LogP contribution is -2.45.